The Kier molecular flexibility index (Phi) is 3.06. The van der Waals surface area contributed by atoms with Gasteiger partial charge in [0.1, 0.15) is 0 Å². The van der Waals surface area contributed by atoms with Crippen LogP contribution >= 0.6 is 0 Å². The number of ether oxygens (including phenoxy) is 1. The largest absolute Gasteiger partial charge is 0.368 e. The number of pyridine rings is 1. The van der Waals surface area contributed by atoms with Crippen molar-refractivity contribution in [2.75, 3.05) is 0 Å². The Hall–Kier alpha value is -1.46. The molecule has 108 valence electrons. The molecular weight excluding hydrogens is 252 g/mol. The second-order valence-corrected chi connectivity index (χ2v) is 6.65. The molecule has 0 radical (unpaired) electrons. The topological polar surface area (TPSA) is 51.5 Å². The molecule has 0 aliphatic carbocycles. The Balaban J connectivity index is 1.74. The highest BCUT2D eigenvalue weighted by Gasteiger charge is 2.45. The quantitative estimate of drug-likeness (QED) is 0.932. The predicted molar refractivity (Wildman–Crippen MR) is 77.5 cm³/mol. The van der Waals surface area contributed by atoms with Gasteiger partial charge >= 0.3 is 0 Å². The average Bonchev–Trinajstić information content (AvgIpc) is 2.84. The lowest BCUT2D eigenvalue weighted by atomic mass is 9.94. The molecular formula is C15H22N4O. The number of hydrogen-bond donors (Lipinski definition) is 1. The van der Waals surface area contributed by atoms with Gasteiger partial charge in [-0.1, -0.05) is 6.07 Å². The van der Waals surface area contributed by atoms with Gasteiger partial charge in [0.25, 0.3) is 0 Å². The van der Waals surface area contributed by atoms with E-state index in [1.54, 1.807) is 0 Å². The van der Waals surface area contributed by atoms with Crippen molar-refractivity contribution in [3.63, 3.8) is 0 Å². The van der Waals surface area contributed by atoms with E-state index in [0.717, 1.165) is 17.9 Å². The second-order valence-electron chi connectivity index (χ2n) is 6.65. The minimum absolute atomic E-state index is 0.0753. The van der Waals surface area contributed by atoms with Gasteiger partial charge in [0.05, 0.1) is 17.7 Å². The van der Waals surface area contributed by atoms with Crippen LogP contribution in [0.15, 0.2) is 24.4 Å². The minimum Gasteiger partial charge on any atom is -0.368 e. The fourth-order valence-corrected chi connectivity index (χ4v) is 3.11. The molecule has 5 heteroatoms. The lowest BCUT2D eigenvalue weighted by Crippen LogP contribution is -2.43. The van der Waals surface area contributed by atoms with Crippen molar-refractivity contribution in [1.29, 1.82) is 0 Å². The van der Waals surface area contributed by atoms with Crippen molar-refractivity contribution in [2.45, 2.75) is 57.9 Å². The molecule has 20 heavy (non-hydrogen) atoms. The Bertz CT molecular complexity index is 617. The summed E-state index contributed by atoms with van der Waals surface area (Å²) in [5.41, 5.74) is 0.643. The standard InChI is InChI=1S/C15H22N4O/c1-14(2)9-11(15(3,4)20-14)16-10-13-18-17-12-7-5-6-8-19(12)13/h5-8,11,16H,9-10H2,1-4H3. The number of nitrogens with zero attached hydrogens (tertiary/aromatic N) is 3. The van der Waals surface area contributed by atoms with Gasteiger partial charge in [0.2, 0.25) is 0 Å². The highest BCUT2D eigenvalue weighted by atomic mass is 16.5. The van der Waals surface area contributed by atoms with Crippen LogP contribution in [0, 0.1) is 0 Å². The van der Waals surface area contributed by atoms with Gasteiger partial charge in [-0.15, -0.1) is 10.2 Å². The monoisotopic (exact) mass is 274 g/mol. The van der Waals surface area contributed by atoms with Gasteiger partial charge in [-0.3, -0.25) is 4.40 Å². The number of nitrogens with one attached hydrogen (secondary N) is 1. The van der Waals surface area contributed by atoms with Crippen LogP contribution in [0.25, 0.3) is 5.65 Å². The third-order valence-electron chi connectivity index (χ3n) is 3.97. The van der Waals surface area contributed by atoms with E-state index < -0.39 is 0 Å². The van der Waals surface area contributed by atoms with E-state index in [9.17, 15) is 0 Å². The smallest absolute Gasteiger partial charge is 0.160 e. The SMILES string of the molecule is CC1(C)CC(NCc2nnc3ccccn23)C(C)(C)O1. The third kappa shape index (κ3) is 2.43. The van der Waals surface area contributed by atoms with Crippen molar-refractivity contribution >= 4 is 5.65 Å². The van der Waals surface area contributed by atoms with Crippen LogP contribution < -0.4 is 5.32 Å². The summed E-state index contributed by atoms with van der Waals surface area (Å²) < 4.78 is 8.12. The molecule has 5 nitrogen and oxygen atoms in total. The highest BCUT2D eigenvalue weighted by molar-refractivity contribution is 5.36. The van der Waals surface area contributed by atoms with Crippen LogP contribution in [0.4, 0.5) is 0 Å². The van der Waals surface area contributed by atoms with Crippen LogP contribution in [-0.4, -0.2) is 31.8 Å². The lowest BCUT2D eigenvalue weighted by Gasteiger charge is -2.27. The maximum Gasteiger partial charge on any atom is 0.160 e. The molecule has 3 heterocycles. The molecule has 1 saturated heterocycles. The summed E-state index contributed by atoms with van der Waals surface area (Å²) in [6.45, 7) is 9.26. The Labute approximate surface area is 119 Å². The second kappa shape index (κ2) is 4.53. The number of aromatic nitrogens is 3. The molecule has 3 rings (SSSR count). The molecule has 1 atom stereocenters. The van der Waals surface area contributed by atoms with E-state index in [0.29, 0.717) is 12.6 Å². The Morgan fingerprint density at radius 2 is 2.10 bits per heavy atom. The molecule has 1 unspecified atom stereocenters. The van der Waals surface area contributed by atoms with Crippen molar-refractivity contribution in [3.05, 3.63) is 30.2 Å². The highest BCUT2D eigenvalue weighted by Crippen LogP contribution is 2.37. The van der Waals surface area contributed by atoms with Crippen LogP contribution in [-0.2, 0) is 11.3 Å². The predicted octanol–water partition coefficient (Wildman–Crippen LogP) is 2.17. The molecule has 2 aromatic heterocycles. The average molecular weight is 274 g/mol. The van der Waals surface area contributed by atoms with Crippen LogP contribution in [0.3, 0.4) is 0 Å². The fourth-order valence-electron chi connectivity index (χ4n) is 3.11. The van der Waals surface area contributed by atoms with Crippen molar-refractivity contribution in [3.8, 4) is 0 Å². The molecule has 1 fully saturated rings. The first kappa shape index (κ1) is 13.5. The summed E-state index contributed by atoms with van der Waals surface area (Å²) >= 11 is 0. The van der Waals surface area contributed by atoms with Crippen molar-refractivity contribution in [2.24, 2.45) is 0 Å². The molecule has 0 amide bonds. The van der Waals surface area contributed by atoms with Gasteiger partial charge in [0.15, 0.2) is 11.5 Å². The third-order valence-corrected chi connectivity index (χ3v) is 3.97. The summed E-state index contributed by atoms with van der Waals surface area (Å²) in [4.78, 5) is 0. The van der Waals surface area contributed by atoms with Gasteiger partial charge in [0, 0.05) is 12.2 Å². The molecule has 1 aliphatic rings. The fraction of sp³-hybridized carbons (Fsp3) is 0.600. The molecule has 0 spiro atoms. The zero-order valence-corrected chi connectivity index (χ0v) is 12.6. The lowest BCUT2D eigenvalue weighted by molar-refractivity contribution is -0.0699. The maximum absolute atomic E-state index is 6.10. The maximum atomic E-state index is 6.10. The van der Waals surface area contributed by atoms with Gasteiger partial charge in [-0.25, -0.2) is 0 Å². The summed E-state index contributed by atoms with van der Waals surface area (Å²) in [7, 11) is 0. The number of hydrogen-bond acceptors (Lipinski definition) is 4. The van der Waals surface area contributed by atoms with E-state index in [2.05, 4.69) is 43.2 Å². The van der Waals surface area contributed by atoms with E-state index in [1.807, 2.05) is 28.8 Å². The molecule has 1 aliphatic heterocycles. The zero-order valence-electron chi connectivity index (χ0n) is 12.6. The first-order chi connectivity index (χ1) is 9.37. The number of fused-ring (bicyclic) bond motifs is 1. The first-order valence-electron chi connectivity index (χ1n) is 7.10. The summed E-state index contributed by atoms with van der Waals surface area (Å²) in [6, 6.07) is 6.24. The summed E-state index contributed by atoms with van der Waals surface area (Å²) in [5.74, 6) is 0.932. The van der Waals surface area contributed by atoms with Gasteiger partial charge in [-0.05, 0) is 46.2 Å². The van der Waals surface area contributed by atoms with E-state index in [-0.39, 0.29) is 11.2 Å². The Morgan fingerprint density at radius 1 is 1.30 bits per heavy atom. The molecule has 2 aromatic rings. The van der Waals surface area contributed by atoms with Gasteiger partial charge in [-0.2, -0.15) is 0 Å². The van der Waals surface area contributed by atoms with Crippen molar-refractivity contribution < 1.29 is 4.74 Å². The van der Waals surface area contributed by atoms with E-state index in [4.69, 9.17) is 4.74 Å². The van der Waals surface area contributed by atoms with Crippen LogP contribution in [0.1, 0.15) is 39.9 Å². The normalized spacial score (nSPS) is 24.3. The summed E-state index contributed by atoms with van der Waals surface area (Å²) in [6.07, 6.45) is 2.99. The molecule has 0 aromatic carbocycles. The van der Waals surface area contributed by atoms with Gasteiger partial charge < -0.3 is 10.1 Å². The molecule has 0 bridgehead atoms. The summed E-state index contributed by atoms with van der Waals surface area (Å²) in [5, 5.41) is 12.0. The van der Waals surface area contributed by atoms with Crippen molar-refractivity contribution in [1.82, 2.24) is 19.9 Å². The molecule has 0 saturated carbocycles. The van der Waals surface area contributed by atoms with Crippen LogP contribution in [0.2, 0.25) is 0 Å². The number of rotatable bonds is 3. The molecule has 1 N–H and O–H groups in total. The Morgan fingerprint density at radius 3 is 2.80 bits per heavy atom. The minimum atomic E-state index is -0.163. The van der Waals surface area contributed by atoms with Crippen LogP contribution in [0.5, 0.6) is 0 Å². The van der Waals surface area contributed by atoms with E-state index >= 15 is 0 Å². The zero-order chi connectivity index (χ0) is 14.4. The first-order valence-corrected chi connectivity index (χ1v) is 7.10. The van der Waals surface area contributed by atoms with E-state index in [1.165, 1.54) is 0 Å².